The van der Waals surface area contributed by atoms with Crippen LogP contribution in [0.25, 0.3) is 0 Å². The molecule has 0 aliphatic carbocycles. The first kappa shape index (κ1) is 15.8. The molecule has 114 valence electrons. The first-order chi connectivity index (χ1) is 9.99. The maximum absolute atomic E-state index is 4.49. The average molecular weight is 285 g/mol. The minimum absolute atomic E-state index is 0.668. The molecule has 0 atom stereocenters. The monoisotopic (exact) mass is 285 g/mol. The second-order valence-electron chi connectivity index (χ2n) is 6.28. The number of imidazole rings is 1. The van der Waals surface area contributed by atoms with Gasteiger partial charge in [-0.2, -0.15) is 0 Å². The molecule has 0 aliphatic rings. The van der Waals surface area contributed by atoms with Gasteiger partial charge in [0, 0.05) is 19.3 Å². The first-order valence-electron chi connectivity index (χ1n) is 7.76. The van der Waals surface area contributed by atoms with E-state index in [9.17, 15) is 0 Å². The van der Waals surface area contributed by atoms with Crippen molar-refractivity contribution in [2.45, 2.75) is 47.7 Å². The Bertz CT molecular complexity index is 576. The number of nitrogens with zero attached hydrogens (tertiary/aromatic N) is 2. The van der Waals surface area contributed by atoms with Crippen LogP contribution < -0.4 is 5.32 Å². The first-order valence-corrected chi connectivity index (χ1v) is 7.76. The third kappa shape index (κ3) is 3.94. The molecule has 2 rings (SSSR count). The number of aromatic nitrogens is 2. The molecule has 0 amide bonds. The van der Waals surface area contributed by atoms with Crippen LogP contribution in [0.1, 0.15) is 42.1 Å². The van der Waals surface area contributed by atoms with Crippen molar-refractivity contribution in [1.29, 1.82) is 0 Å². The molecule has 3 nitrogen and oxygen atoms in total. The Morgan fingerprint density at radius 3 is 2.43 bits per heavy atom. The van der Waals surface area contributed by atoms with Crippen LogP contribution in [0.3, 0.4) is 0 Å². The molecule has 2 aromatic rings. The van der Waals surface area contributed by atoms with Crippen molar-refractivity contribution in [3.63, 3.8) is 0 Å². The zero-order valence-corrected chi connectivity index (χ0v) is 13.9. The van der Waals surface area contributed by atoms with E-state index in [1.54, 1.807) is 0 Å². The molecular weight excluding hydrogens is 258 g/mol. The standard InChI is InChI=1S/C18H27N3/c1-13(2)9-19-10-17-11-20-16(5)21(17)12-18-14(3)7-6-8-15(18)4/h6-8,11,13,19H,9-10,12H2,1-5H3. The molecule has 0 spiro atoms. The van der Waals surface area contributed by atoms with Crippen LogP contribution in [0.5, 0.6) is 0 Å². The predicted molar refractivity (Wildman–Crippen MR) is 88.5 cm³/mol. The number of rotatable bonds is 6. The van der Waals surface area contributed by atoms with E-state index in [1.165, 1.54) is 22.4 Å². The number of aryl methyl sites for hydroxylation is 3. The van der Waals surface area contributed by atoms with Gasteiger partial charge < -0.3 is 9.88 Å². The lowest BCUT2D eigenvalue weighted by Gasteiger charge is -2.15. The third-order valence-electron chi connectivity index (χ3n) is 3.96. The van der Waals surface area contributed by atoms with Crippen LogP contribution >= 0.6 is 0 Å². The lowest BCUT2D eigenvalue weighted by molar-refractivity contribution is 0.537. The summed E-state index contributed by atoms with van der Waals surface area (Å²) in [6, 6.07) is 6.50. The molecule has 3 heteroatoms. The molecule has 1 heterocycles. The molecule has 1 aromatic heterocycles. The Labute approximate surface area is 128 Å². The van der Waals surface area contributed by atoms with E-state index >= 15 is 0 Å². The SMILES string of the molecule is Cc1cccc(C)c1Cn1c(CNCC(C)C)cnc1C. The Hall–Kier alpha value is -1.61. The van der Waals surface area contributed by atoms with Gasteiger partial charge in [0.2, 0.25) is 0 Å². The largest absolute Gasteiger partial charge is 0.327 e. The van der Waals surface area contributed by atoms with Crippen molar-refractivity contribution in [3.05, 3.63) is 52.6 Å². The lowest BCUT2D eigenvalue weighted by atomic mass is 10.0. The Kier molecular flexibility index (Phi) is 5.18. The Morgan fingerprint density at radius 1 is 1.14 bits per heavy atom. The second-order valence-corrected chi connectivity index (χ2v) is 6.28. The highest BCUT2D eigenvalue weighted by molar-refractivity contribution is 5.34. The van der Waals surface area contributed by atoms with Crippen molar-refractivity contribution >= 4 is 0 Å². The van der Waals surface area contributed by atoms with Crippen molar-refractivity contribution < 1.29 is 0 Å². The number of hydrogen-bond donors (Lipinski definition) is 1. The summed E-state index contributed by atoms with van der Waals surface area (Å²) >= 11 is 0. The molecule has 1 aromatic carbocycles. The van der Waals surface area contributed by atoms with E-state index in [0.717, 1.165) is 25.5 Å². The van der Waals surface area contributed by atoms with Gasteiger partial charge in [0.05, 0.1) is 5.69 Å². The fourth-order valence-electron chi connectivity index (χ4n) is 2.62. The molecule has 1 N–H and O–H groups in total. The lowest BCUT2D eigenvalue weighted by Crippen LogP contribution is -2.21. The van der Waals surface area contributed by atoms with Gasteiger partial charge >= 0.3 is 0 Å². The fraction of sp³-hybridized carbons (Fsp3) is 0.500. The zero-order valence-electron chi connectivity index (χ0n) is 13.9. The zero-order chi connectivity index (χ0) is 15.4. The quantitative estimate of drug-likeness (QED) is 0.879. The van der Waals surface area contributed by atoms with Crippen molar-refractivity contribution in [3.8, 4) is 0 Å². The molecule has 0 saturated heterocycles. The minimum Gasteiger partial charge on any atom is -0.327 e. The third-order valence-corrected chi connectivity index (χ3v) is 3.96. The van der Waals surface area contributed by atoms with E-state index in [1.807, 2.05) is 6.20 Å². The van der Waals surface area contributed by atoms with Crippen LogP contribution in [0.2, 0.25) is 0 Å². The number of benzene rings is 1. The molecule has 21 heavy (non-hydrogen) atoms. The summed E-state index contributed by atoms with van der Waals surface area (Å²) in [5, 5.41) is 3.51. The summed E-state index contributed by atoms with van der Waals surface area (Å²) in [4.78, 5) is 4.49. The summed E-state index contributed by atoms with van der Waals surface area (Å²) in [5.74, 6) is 1.75. The molecular formula is C18H27N3. The minimum atomic E-state index is 0.668. The summed E-state index contributed by atoms with van der Waals surface area (Å²) in [6.45, 7) is 13.7. The normalized spacial score (nSPS) is 11.3. The van der Waals surface area contributed by atoms with Gasteiger partial charge in [0.25, 0.3) is 0 Å². The summed E-state index contributed by atoms with van der Waals surface area (Å²) < 4.78 is 2.32. The van der Waals surface area contributed by atoms with Crippen LogP contribution in [-0.2, 0) is 13.1 Å². The van der Waals surface area contributed by atoms with Crippen molar-refractivity contribution in [1.82, 2.24) is 14.9 Å². The highest BCUT2D eigenvalue weighted by Crippen LogP contribution is 2.17. The Morgan fingerprint density at radius 2 is 1.81 bits per heavy atom. The highest BCUT2D eigenvalue weighted by Gasteiger charge is 2.10. The fourth-order valence-corrected chi connectivity index (χ4v) is 2.62. The molecule has 0 unspecified atom stereocenters. The van der Waals surface area contributed by atoms with E-state index in [0.29, 0.717) is 5.92 Å². The van der Waals surface area contributed by atoms with Gasteiger partial charge in [-0.05, 0) is 49.9 Å². The summed E-state index contributed by atoms with van der Waals surface area (Å²) in [6.07, 6.45) is 2.00. The molecule has 0 aliphatic heterocycles. The van der Waals surface area contributed by atoms with Crippen LogP contribution in [-0.4, -0.2) is 16.1 Å². The smallest absolute Gasteiger partial charge is 0.106 e. The van der Waals surface area contributed by atoms with E-state index in [-0.39, 0.29) is 0 Å². The van der Waals surface area contributed by atoms with Gasteiger partial charge in [0.1, 0.15) is 5.82 Å². The van der Waals surface area contributed by atoms with Crippen LogP contribution in [0.15, 0.2) is 24.4 Å². The van der Waals surface area contributed by atoms with Crippen molar-refractivity contribution in [2.24, 2.45) is 5.92 Å². The maximum atomic E-state index is 4.49. The summed E-state index contributed by atoms with van der Waals surface area (Å²) in [7, 11) is 0. The van der Waals surface area contributed by atoms with E-state index in [4.69, 9.17) is 0 Å². The Balaban J connectivity index is 2.18. The molecule has 0 radical (unpaired) electrons. The van der Waals surface area contributed by atoms with Gasteiger partial charge in [0.15, 0.2) is 0 Å². The van der Waals surface area contributed by atoms with Gasteiger partial charge in [-0.15, -0.1) is 0 Å². The van der Waals surface area contributed by atoms with Gasteiger partial charge in [-0.1, -0.05) is 32.0 Å². The average Bonchev–Trinajstić information content (AvgIpc) is 2.75. The highest BCUT2D eigenvalue weighted by atomic mass is 15.1. The van der Waals surface area contributed by atoms with Gasteiger partial charge in [-0.25, -0.2) is 4.98 Å². The number of nitrogens with one attached hydrogen (secondary N) is 1. The number of hydrogen-bond acceptors (Lipinski definition) is 2. The van der Waals surface area contributed by atoms with Gasteiger partial charge in [-0.3, -0.25) is 0 Å². The van der Waals surface area contributed by atoms with Crippen LogP contribution in [0, 0.1) is 26.7 Å². The topological polar surface area (TPSA) is 29.9 Å². The van der Waals surface area contributed by atoms with Crippen LogP contribution in [0.4, 0.5) is 0 Å². The van der Waals surface area contributed by atoms with Crippen molar-refractivity contribution in [2.75, 3.05) is 6.54 Å². The summed E-state index contributed by atoms with van der Waals surface area (Å²) in [5.41, 5.74) is 5.37. The molecule has 0 saturated carbocycles. The maximum Gasteiger partial charge on any atom is 0.106 e. The van der Waals surface area contributed by atoms with E-state index in [2.05, 4.69) is 67.7 Å². The second kappa shape index (κ2) is 6.90. The molecule has 0 bridgehead atoms. The predicted octanol–water partition coefficient (Wildman–Crippen LogP) is 3.60. The van der Waals surface area contributed by atoms with E-state index < -0.39 is 0 Å². The molecule has 0 fully saturated rings.